The molecule has 0 aliphatic heterocycles. The highest BCUT2D eigenvalue weighted by atomic mass is 19.4. The smallest absolute Gasteiger partial charge is 0.421 e. The Kier molecular flexibility index (Phi) is 8.95. The third kappa shape index (κ3) is 7.54. The molecular formula is C25H29F3N4O2. The number of nitrogens with zero attached hydrogens (tertiary/aromatic N) is 2. The summed E-state index contributed by atoms with van der Waals surface area (Å²) in [4.78, 5) is 7.92. The Morgan fingerprint density at radius 1 is 0.765 bits per heavy atom. The Morgan fingerprint density at radius 3 is 1.91 bits per heavy atom. The summed E-state index contributed by atoms with van der Waals surface area (Å²) >= 11 is 0. The van der Waals surface area contributed by atoms with Crippen LogP contribution in [-0.2, 0) is 6.18 Å². The van der Waals surface area contributed by atoms with Gasteiger partial charge in [-0.25, -0.2) is 4.98 Å². The fourth-order valence-corrected chi connectivity index (χ4v) is 3.04. The normalized spacial score (nSPS) is 11.2. The summed E-state index contributed by atoms with van der Waals surface area (Å²) in [5.41, 5.74) is 0.119. The number of rotatable bonds is 12. The van der Waals surface area contributed by atoms with Crippen LogP contribution in [0.25, 0.3) is 0 Å². The molecule has 2 aromatic carbocycles. The van der Waals surface area contributed by atoms with E-state index in [1.807, 2.05) is 6.92 Å². The van der Waals surface area contributed by atoms with E-state index in [0.717, 1.165) is 31.9 Å². The highest BCUT2D eigenvalue weighted by Gasteiger charge is 2.35. The molecular weight excluding hydrogens is 445 g/mol. The summed E-state index contributed by atoms with van der Waals surface area (Å²) in [7, 11) is 0. The molecule has 0 spiro atoms. The molecule has 3 rings (SSSR count). The maximum Gasteiger partial charge on any atom is 0.421 e. The van der Waals surface area contributed by atoms with Crippen molar-refractivity contribution in [1.82, 2.24) is 9.97 Å². The number of aromatic nitrogens is 2. The zero-order valence-electron chi connectivity index (χ0n) is 19.3. The summed E-state index contributed by atoms with van der Waals surface area (Å²) in [6.07, 6.45) is 0.187. The predicted molar refractivity (Wildman–Crippen MR) is 127 cm³/mol. The minimum Gasteiger partial charge on any atom is -0.494 e. The molecule has 1 heterocycles. The predicted octanol–water partition coefficient (Wildman–Crippen LogP) is 7.34. The van der Waals surface area contributed by atoms with Crippen LogP contribution in [0.4, 0.5) is 36.3 Å². The summed E-state index contributed by atoms with van der Waals surface area (Å²) in [6, 6.07) is 13.8. The topological polar surface area (TPSA) is 68.3 Å². The van der Waals surface area contributed by atoms with Gasteiger partial charge in [-0.1, -0.05) is 26.7 Å². The van der Waals surface area contributed by atoms with Crippen LogP contribution in [0, 0.1) is 0 Å². The minimum atomic E-state index is -4.61. The minimum absolute atomic E-state index is 0.0357. The second-order valence-electron chi connectivity index (χ2n) is 7.66. The maximum atomic E-state index is 13.5. The van der Waals surface area contributed by atoms with Crippen molar-refractivity contribution in [3.63, 3.8) is 0 Å². The number of nitrogens with one attached hydrogen (secondary N) is 2. The van der Waals surface area contributed by atoms with Gasteiger partial charge in [0.05, 0.1) is 13.2 Å². The monoisotopic (exact) mass is 474 g/mol. The number of hydrogen-bond donors (Lipinski definition) is 2. The van der Waals surface area contributed by atoms with Crippen LogP contribution in [0.15, 0.2) is 54.7 Å². The van der Waals surface area contributed by atoms with Crippen molar-refractivity contribution < 1.29 is 22.6 Å². The van der Waals surface area contributed by atoms with Crippen LogP contribution >= 0.6 is 0 Å². The average molecular weight is 475 g/mol. The molecule has 0 bridgehead atoms. The van der Waals surface area contributed by atoms with Crippen molar-refractivity contribution in [1.29, 1.82) is 0 Å². The molecule has 6 nitrogen and oxygen atoms in total. The first-order valence-corrected chi connectivity index (χ1v) is 11.3. The molecule has 0 fully saturated rings. The van der Waals surface area contributed by atoms with Gasteiger partial charge in [0.1, 0.15) is 22.9 Å². The first-order chi connectivity index (χ1) is 16.4. The summed E-state index contributed by atoms with van der Waals surface area (Å²) < 4.78 is 51.8. The quantitative estimate of drug-likeness (QED) is 0.268. The van der Waals surface area contributed by atoms with Gasteiger partial charge < -0.3 is 20.1 Å². The third-order valence-corrected chi connectivity index (χ3v) is 4.81. The van der Waals surface area contributed by atoms with E-state index in [2.05, 4.69) is 27.5 Å². The Balaban J connectivity index is 1.73. The molecule has 0 atom stereocenters. The molecule has 34 heavy (non-hydrogen) atoms. The van der Waals surface area contributed by atoms with E-state index in [0.29, 0.717) is 36.1 Å². The van der Waals surface area contributed by atoms with Gasteiger partial charge in [0.25, 0.3) is 0 Å². The van der Waals surface area contributed by atoms with E-state index in [1.165, 1.54) is 0 Å². The number of unbranched alkanes of at least 4 members (excludes halogenated alkanes) is 2. The first kappa shape index (κ1) is 25.1. The SMILES string of the molecule is CCCCCOc1ccc(Nc2nc(Nc3ccc(OCCC)cc3)ncc2C(F)(F)F)cc1. The van der Waals surface area contributed by atoms with Crippen LogP contribution in [0.5, 0.6) is 11.5 Å². The number of ether oxygens (including phenoxy) is 2. The van der Waals surface area contributed by atoms with Crippen molar-refractivity contribution in [3.05, 3.63) is 60.3 Å². The van der Waals surface area contributed by atoms with Crippen LogP contribution in [0.3, 0.4) is 0 Å². The third-order valence-electron chi connectivity index (χ3n) is 4.81. The van der Waals surface area contributed by atoms with Crippen LogP contribution in [-0.4, -0.2) is 23.2 Å². The van der Waals surface area contributed by atoms with Crippen molar-refractivity contribution in [2.45, 2.75) is 45.7 Å². The molecule has 0 aliphatic carbocycles. The van der Waals surface area contributed by atoms with Crippen molar-refractivity contribution in [2.75, 3.05) is 23.8 Å². The van der Waals surface area contributed by atoms with Crippen molar-refractivity contribution in [3.8, 4) is 11.5 Å². The lowest BCUT2D eigenvalue weighted by Gasteiger charge is -2.15. The van der Waals surface area contributed by atoms with E-state index in [-0.39, 0.29) is 11.8 Å². The fourth-order valence-electron chi connectivity index (χ4n) is 3.04. The Hall–Kier alpha value is -3.49. The molecule has 0 aliphatic rings. The molecule has 3 aromatic rings. The first-order valence-electron chi connectivity index (χ1n) is 11.3. The van der Waals surface area contributed by atoms with E-state index < -0.39 is 11.7 Å². The lowest BCUT2D eigenvalue weighted by atomic mass is 10.2. The number of anilines is 4. The van der Waals surface area contributed by atoms with E-state index in [9.17, 15) is 13.2 Å². The highest BCUT2D eigenvalue weighted by Crippen LogP contribution is 2.35. The standard InChI is InChI=1S/C25H29F3N4O2/c1-3-5-6-16-34-21-11-7-18(8-12-21)30-23-22(25(26,27)28)17-29-24(32-23)31-19-9-13-20(14-10-19)33-15-4-2/h7-14,17H,3-6,15-16H2,1-2H3,(H2,29,30,31,32). The Labute approximate surface area is 197 Å². The second kappa shape index (κ2) is 12.1. The number of alkyl halides is 3. The van der Waals surface area contributed by atoms with Crippen LogP contribution < -0.4 is 20.1 Å². The maximum absolute atomic E-state index is 13.5. The molecule has 2 N–H and O–H groups in total. The molecule has 0 saturated carbocycles. The van der Waals surface area contributed by atoms with Gasteiger partial charge in [0.15, 0.2) is 0 Å². The van der Waals surface area contributed by atoms with E-state index in [4.69, 9.17) is 9.47 Å². The lowest BCUT2D eigenvalue weighted by Crippen LogP contribution is -2.12. The summed E-state index contributed by atoms with van der Waals surface area (Å²) in [6.45, 7) is 5.34. The highest BCUT2D eigenvalue weighted by molar-refractivity contribution is 5.63. The molecule has 0 radical (unpaired) electrons. The van der Waals surface area contributed by atoms with Gasteiger partial charge in [-0.3, -0.25) is 0 Å². The lowest BCUT2D eigenvalue weighted by molar-refractivity contribution is -0.137. The zero-order valence-corrected chi connectivity index (χ0v) is 19.3. The second-order valence-corrected chi connectivity index (χ2v) is 7.66. The molecule has 1 aromatic heterocycles. The van der Waals surface area contributed by atoms with Crippen molar-refractivity contribution >= 4 is 23.1 Å². The average Bonchev–Trinajstić information content (AvgIpc) is 2.82. The summed E-state index contributed by atoms with van der Waals surface area (Å²) in [5.74, 6) is 1.06. The van der Waals surface area contributed by atoms with E-state index >= 15 is 0 Å². The number of benzene rings is 2. The largest absolute Gasteiger partial charge is 0.494 e. The van der Waals surface area contributed by atoms with Crippen LogP contribution in [0.1, 0.15) is 45.1 Å². The van der Waals surface area contributed by atoms with Gasteiger partial charge in [-0.15, -0.1) is 0 Å². The molecule has 0 amide bonds. The van der Waals surface area contributed by atoms with Gasteiger partial charge in [-0.05, 0) is 61.4 Å². The van der Waals surface area contributed by atoms with Gasteiger partial charge in [0.2, 0.25) is 5.95 Å². The molecule has 9 heteroatoms. The Morgan fingerprint density at radius 2 is 1.35 bits per heavy atom. The number of hydrogen-bond acceptors (Lipinski definition) is 6. The van der Waals surface area contributed by atoms with Crippen LogP contribution in [0.2, 0.25) is 0 Å². The Bertz CT molecular complexity index is 1030. The molecule has 0 unspecified atom stereocenters. The van der Waals surface area contributed by atoms with Gasteiger partial charge in [0, 0.05) is 17.6 Å². The molecule has 0 saturated heterocycles. The van der Waals surface area contributed by atoms with Gasteiger partial charge >= 0.3 is 6.18 Å². The number of halogens is 3. The van der Waals surface area contributed by atoms with Crippen molar-refractivity contribution in [2.24, 2.45) is 0 Å². The van der Waals surface area contributed by atoms with Gasteiger partial charge in [-0.2, -0.15) is 18.2 Å². The fraction of sp³-hybridized carbons (Fsp3) is 0.360. The summed E-state index contributed by atoms with van der Waals surface area (Å²) in [5, 5.41) is 5.68. The zero-order chi connectivity index (χ0) is 24.4. The van der Waals surface area contributed by atoms with E-state index in [1.54, 1.807) is 48.5 Å². The molecule has 182 valence electrons.